The molecule has 142 valence electrons. The smallest absolute Gasteiger partial charge is 0.255 e. The quantitative estimate of drug-likeness (QED) is 0.708. The van der Waals surface area contributed by atoms with Gasteiger partial charge in [0.25, 0.3) is 5.91 Å². The van der Waals surface area contributed by atoms with E-state index in [1.807, 2.05) is 20.0 Å². The molecule has 0 unspecified atom stereocenters. The number of fused-ring (bicyclic) bond motifs is 1. The Morgan fingerprint density at radius 3 is 2.73 bits per heavy atom. The molecule has 2 aromatic heterocycles. The van der Waals surface area contributed by atoms with E-state index in [2.05, 4.69) is 21.8 Å². The van der Waals surface area contributed by atoms with Crippen molar-refractivity contribution in [3.05, 3.63) is 29.6 Å². The first-order valence-electron chi connectivity index (χ1n) is 9.09. The number of hydrogen-bond donors (Lipinski definition) is 3. The molecule has 2 aromatic rings. The van der Waals surface area contributed by atoms with Crippen LogP contribution in [0.2, 0.25) is 0 Å². The summed E-state index contributed by atoms with van der Waals surface area (Å²) in [6, 6.07) is 2.19. The van der Waals surface area contributed by atoms with Gasteiger partial charge in [-0.05, 0) is 58.1 Å². The fraction of sp³-hybridized carbons (Fsp3) is 0.579. The molecule has 7 heteroatoms. The summed E-state index contributed by atoms with van der Waals surface area (Å²) in [7, 11) is 0. The Morgan fingerprint density at radius 2 is 2.15 bits per heavy atom. The van der Waals surface area contributed by atoms with Crippen molar-refractivity contribution in [2.24, 2.45) is 0 Å². The Morgan fingerprint density at radius 1 is 1.46 bits per heavy atom. The van der Waals surface area contributed by atoms with Crippen molar-refractivity contribution in [2.75, 3.05) is 11.9 Å². The minimum atomic E-state index is -1.56. The van der Waals surface area contributed by atoms with Crippen molar-refractivity contribution in [2.45, 2.75) is 64.3 Å². The number of aliphatic hydroxyl groups is 1. The first kappa shape index (κ1) is 18.6. The molecule has 0 bridgehead atoms. The minimum Gasteiger partial charge on any atom is -0.387 e. The summed E-state index contributed by atoms with van der Waals surface area (Å²) in [5, 5.41) is 19.9. The molecule has 0 aromatic carbocycles. The summed E-state index contributed by atoms with van der Waals surface area (Å²) in [6.45, 7) is 6.49. The maximum absolute atomic E-state index is 13.9. The molecule has 6 nitrogen and oxygen atoms in total. The number of carbonyl (C=O) groups excluding carboxylic acids is 1. The van der Waals surface area contributed by atoms with Crippen molar-refractivity contribution in [3.63, 3.8) is 0 Å². The number of rotatable bonds is 7. The monoisotopic (exact) mass is 362 g/mol. The topological polar surface area (TPSA) is 78.7 Å². The highest BCUT2D eigenvalue weighted by atomic mass is 19.1. The zero-order chi connectivity index (χ0) is 19.1. The first-order valence-corrected chi connectivity index (χ1v) is 9.09. The van der Waals surface area contributed by atoms with Crippen molar-refractivity contribution in [1.29, 1.82) is 0 Å². The van der Waals surface area contributed by atoms with Crippen LogP contribution in [0, 0.1) is 0 Å². The lowest BCUT2D eigenvalue weighted by molar-refractivity contribution is -0.00177. The molecule has 2 heterocycles. The number of alkyl halides is 1. The molecule has 0 radical (unpaired) electrons. The highest BCUT2D eigenvalue weighted by Gasteiger charge is 2.28. The standard InChI is InChI=1S/C19H27FN4O2/c1-11(2)23-17-14(18(25)21-9-16(20)19(3,4)26)8-22-24-10-13(7-15(17)24)12-5-6-12/h7-8,10-12,16,23,26H,5-6,9H2,1-4H3,(H,21,25)/t16-/m1/s1. The molecule has 1 fully saturated rings. The number of anilines is 1. The van der Waals surface area contributed by atoms with Gasteiger partial charge in [0, 0.05) is 12.2 Å². The maximum atomic E-state index is 13.9. The first-order chi connectivity index (χ1) is 12.2. The van der Waals surface area contributed by atoms with Crippen LogP contribution in [0.3, 0.4) is 0 Å². The molecular weight excluding hydrogens is 335 g/mol. The third kappa shape index (κ3) is 3.98. The van der Waals surface area contributed by atoms with Crippen molar-refractivity contribution in [1.82, 2.24) is 14.9 Å². The van der Waals surface area contributed by atoms with Crippen LogP contribution in [-0.4, -0.2) is 45.0 Å². The van der Waals surface area contributed by atoms with Crippen LogP contribution >= 0.6 is 0 Å². The van der Waals surface area contributed by atoms with Gasteiger partial charge in [0.05, 0.1) is 35.1 Å². The third-order valence-corrected chi connectivity index (χ3v) is 4.59. The van der Waals surface area contributed by atoms with E-state index < -0.39 is 17.7 Å². The van der Waals surface area contributed by atoms with Crippen LogP contribution in [0.4, 0.5) is 10.1 Å². The minimum absolute atomic E-state index is 0.123. The number of nitrogens with one attached hydrogen (secondary N) is 2. The van der Waals surface area contributed by atoms with E-state index in [0.717, 1.165) is 5.52 Å². The summed E-state index contributed by atoms with van der Waals surface area (Å²) in [5.41, 5.74) is 1.63. The van der Waals surface area contributed by atoms with Gasteiger partial charge in [-0.15, -0.1) is 0 Å². The molecule has 1 atom stereocenters. The maximum Gasteiger partial charge on any atom is 0.255 e. The fourth-order valence-electron chi connectivity index (χ4n) is 2.86. The van der Waals surface area contributed by atoms with E-state index in [1.54, 1.807) is 4.52 Å². The van der Waals surface area contributed by atoms with Crippen LogP contribution in [0.25, 0.3) is 5.52 Å². The molecule has 3 N–H and O–H groups in total. The van der Waals surface area contributed by atoms with Crippen LogP contribution in [0.1, 0.15) is 62.4 Å². The van der Waals surface area contributed by atoms with Crippen molar-refractivity contribution < 1.29 is 14.3 Å². The van der Waals surface area contributed by atoms with Crippen LogP contribution < -0.4 is 10.6 Å². The zero-order valence-electron chi connectivity index (χ0n) is 15.7. The molecule has 0 aliphatic heterocycles. The van der Waals surface area contributed by atoms with Gasteiger partial charge in [0.15, 0.2) is 0 Å². The van der Waals surface area contributed by atoms with E-state index >= 15 is 0 Å². The van der Waals surface area contributed by atoms with Gasteiger partial charge in [-0.2, -0.15) is 5.10 Å². The molecular formula is C19H27FN4O2. The lowest BCUT2D eigenvalue weighted by Crippen LogP contribution is -2.42. The molecule has 0 spiro atoms. The van der Waals surface area contributed by atoms with E-state index in [0.29, 0.717) is 17.2 Å². The lowest BCUT2D eigenvalue weighted by Gasteiger charge is -2.23. The number of halogens is 1. The van der Waals surface area contributed by atoms with Crippen molar-refractivity contribution in [3.8, 4) is 0 Å². The summed E-state index contributed by atoms with van der Waals surface area (Å²) in [4.78, 5) is 12.6. The average Bonchev–Trinajstić information content (AvgIpc) is 3.30. The zero-order valence-corrected chi connectivity index (χ0v) is 15.7. The summed E-state index contributed by atoms with van der Waals surface area (Å²) >= 11 is 0. The van der Waals surface area contributed by atoms with E-state index in [1.165, 1.54) is 38.4 Å². The predicted molar refractivity (Wildman–Crippen MR) is 99.5 cm³/mol. The van der Waals surface area contributed by atoms with E-state index in [-0.39, 0.29) is 12.6 Å². The van der Waals surface area contributed by atoms with Gasteiger partial charge >= 0.3 is 0 Å². The molecule has 1 saturated carbocycles. The molecule has 1 amide bonds. The lowest BCUT2D eigenvalue weighted by atomic mass is 10.0. The molecule has 0 saturated heterocycles. The molecule has 26 heavy (non-hydrogen) atoms. The molecule has 1 aliphatic carbocycles. The second-order valence-electron chi connectivity index (χ2n) is 7.94. The summed E-state index contributed by atoms with van der Waals surface area (Å²) in [5.74, 6) is 0.171. The van der Waals surface area contributed by atoms with Gasteiger partial charge < -0.3 is 15.7 Å². The molecule has 3 rings (SSSR count). The highest BCUT2D eigenvalue weighted by molar-refractivity contribution is 6.02. The number of hydrogen-bond acceptors (Lipinski definition) is 4. The highest BCUT2D eigenvalue weighted by Crippen LogP contribution is 2.41. The Labute approximate surface area is 152 Å². The third-order valence-electron chi connectivity index (χ3n) is 4.59. The average molecular weight is 362 g/mol. The summed E-state index contributed by atoms with van der Waals surface area (Å²) in [6.07, 6.45) is 4.32. The van der Waals surface area contributed by atoms with Crippen molar-refractivity contribution >= 4 is 17.1 Å². The van der Waals surface area contributed by atoms with Gasteiger partial charge in [-0.3, -0.25) is 4.79 Å². The van der Waals surface area contributed by atoms with Crippen LogP contribution in [-0.2, 0) is 0 Å². The Kier molecular flexibility index (Phi) is 4.92. The predicted octanol–water partition coefficient (Wildman–Crippen LogP) is 2.87. The van der Waals surface area contributed by atoms with Gasteiger partial charge in [0.1, 0.15) is 6.17 Å². The van der Waals surface area contributed by atoms with Gasteiger partial charge in [-0.1, -0.05) is 0 Å². The Bertz CT molecular complexity index is 806. The van der Waals surface area contributed by atoms with Gasteiger partial charge in [-0.25, -0.2) is 8.91 Å². The van der Waals surface area contributed by atoms with Gasteiger partial charge in [0.2, 0.25) is 0 Å². The second kappa shape index (κ2) is 6.87. The normalized spacial score (nSPS) is 16.1. The van der Waals surface area contributed by atoms with Crippen LogP contribution in [0.15, 0.2) is 18.5 Å². The largest absolute Gasteiger partial charge is 0.387 e. The number of nitrogens with zero attached hydrogens (tertiary/aromatic N) is 2. The van der Waals surface area contributed by atoms with E-state index in [9.17, 15) is 14.3 Å². The Hall–Kier alpha value is -2.15. The number of amides is 1. The molecule has 1 aliphatic rings. The van der Waals surface area contributed by atoms with Crippen LogP contribution in [0.5, 0.6) is 0 Å². The fourth-order valence-corrected chi connectivity index (χ4v) is 2.86. The Balaban J connectivity index is 1.89. The SMILES string of the molecule is CC(C)Nc1c(C(=O)NC[C@@H](F)C(C)(C)O)cnn2cc(C3CC3)cc12. The number of aromatic nitrogens is 2. The number of carbonyl (C=O) groups is 1. The second-order valence-corrected chi connectivity index (χ2v) is 7.94. The summed E-state index contributed by atoms with van der Waals surface area (Å²) < 4.78 is 15.7. The van der Waals surface area contributed by atoms with E-state index in [4.69, 9.17) is 0 Å².